The molecule has 1 aromatic rings. The lowest BCUT2D eigenvalue weighted by Gasteiger charge is -2.15. The molecule has 0 bridgehead atoms. The number of pyridine rings is 1. The number of carbonyl (C=O) groups is 1. The highest BCUT2D eigenvalue weighted by Crippen LogP contribution is 2.32. The van der Waals surface area contributed by atoms with Crippen molar-refractivity contribution < 1.29 is 32.2 Å². The number of nitrogens with zero attached hydrogens (tertiary/aromatic N) is 1. The minimum atomic E-state index is -4.93. The van der Waals surface area contributed by atoms with E-state index in [1.807, 2.05) is 0 Å². The molecule has 0 saturated heterocycles. The summed E-state index contributed by atoms with van der Waals surface area (Å²) >= 11 is 0. The summed E-state index contributed by atoms with van der Waals surface area (Å²) in [4.78, 5) is 15.0. The number of carbonyl (C=O) groups excluding carboxylic acids is 1. The number of methoxy groups -OCH3 is 2. The molecule has 6 nitrogen and oxygen atoms in total. The maximum atomic E-state index is 12.3. The van der Waals surface area contributed by atoms with Crippen molar-refractivity contribution in [3.8, 4) is 11.6 Å². The predicted octanol–water partition coefficient (Wildman–Crippen LogP) is 1.23. The van der Waals surface area contributed by atoms with Crippen molar-refractivity contribution in [3.63, 3.8) is 0 Å². The van der Waals surface area contributed by atoms with Gasteiger partial charge in [0.25, 0.3) is 0 Å². The van der Waals surface area contributed by atoms with E-state index in [0.29, 0.717) is 0 Å². The fourth-order valence-electron chi connectivity index (χ4n) is 1.31. The largest absolute Gasteiger partial charge is 0.573 e. The van der Waals surface area contributed by atoms with Crippen LogP contribution in [0.4, 0.5) is 13.2 Å². The second-order valence-electron chi connectivity index (χ2n) is 3.24. The molecule has 9 heteroatoms. The van der Waals surface area contributed by atoms with Gasteiger partial charge in [0, 0.05) is 12.6 Å². The molecule has 0 radical (unpaired) electrons. The number of halogens is 3. The van der Waals surface area contributed by atoms with Gasteiger partial charge in [-0.1, -0.05) is 0 Å². The molecule has 1 aromatic heterocycles. The highest BCUT2D eigenvalue weighted by atomic mass is 19.4. The Hall–Kier alpha value is -2.03. The van der Waals surface area contributed by atoms with E-state index in [9.17, 15) is 18.0 Å². The standard InChI is InChI=1S/C10H11F3N2O4/c1-17-8-5(4-14)7(19-10(11,12)13)3-6(15-8)9(16)18-2/h3H,4,14H2,1-2H3. The zero-order valence-corrected chi connectivity index (χ0v) is 10.1. The van der Waals surface area contributed by atoms with Gasteiger partial charge >= 0.3 is 12.3 Å². The maximum absolute atomic E-state index is 12.3. The van der Waals surface area contributed by atoms with E-state index in [1.165, 1.54) is 7.11 Å². The number of aromatic nitrogens is 1. The third-order valence-electron chi connectivity index (χ3n) is 2.06. The summed E-state index contributed by atoms with van der Waals surface area (Å²) in [5.74, 6) is -1.80. The highest BCUT2D eigenvalue weighted by molar-refractivity contribution is 5.88. The Morgan fingerprint density at radius 3 is 2.47 bits per heavy atom. The van der Waals surface area contributed by atoms with Crippen LogP contribution in [0.3, 0.4) is 0 Å². The number of hydrogen-bond acceptors (Lipinski definition) is 6. The first-order valence-corrected chi connectivity index (χ1v) is 4.94. The van der Waals surface area contributed by atoms with E-state index in [1.54, 1.807) is 0 Å². The van der Waals surface area contributed by atoms with E-state index >= 15 is 0 Å². The molecule has 0 unspecified atom stereocenters. The Morgan fingerprint density at radius 2 is 2.05 bits per heavy atom. The molecular weight excluding hydrogens is 269 g/mol. The Balaban J connectivity index is 3.35. The fraction of sp³-hybridized carbons (Fsp3) is 0.400. The SMILES string of the molecule is COC(=O)c1cc(OC(F)(F)F)c(CN)c(OC)n1. The van der Waals surface area contributed by atoms with Crippen molar-refractivity contribution in [2.24, 2.45) is 5.73 Å². The molecule has 1 heterocycles. The molecule has 2 N–H and O–H groups in total. The quantitative estimate of drug-likeness (QED) is 0.835. The van der Waals surface area contributed by atoms with Crippen LogP contribution in [-0.2, 0) is 11.3 Å². The van der Waals surface area contributed by atoms with Crippen LogP contribution in [-0.4, -0.2) is 31.5 Å². The lowest BCUT2D eigenvalue weighted by Crippen LogP contribution is -2.20. The van der Waals surface area contributed by atoms with Crippen molar-refractivity contribution >= 4 is 5.97 Å². The van der Waals surface area contributed by atoms with Crippen molar-refractivity contribution in [2.45, 2.75) is 12.9 Å². The maximum Gasteiger partial charge on any atom is 0.573 e. The average molecular weight is 280 g/mol. The van der Waals surface area contributed by atoms with Gasteiger partial charge in [0.2, 0.25) is 5.88 Å². The third kappa shape index (κ3) is 3.71. The minimum Gasteiger partial charge on any atom is -0.481 e. The van der Waals surface area contributed by atoms with Crippen LogP contribution in [0.25, 0.3) is 0 Å². The Kier molecular flexibility index (Phi) is 4.54. The average Bonchev–Trinajstić information content (AvgIpc) is 2.34. The van der Waals surface area contributed by atoms with Crippen LogP contribution in [0.2, 0.25) is 0 Å². The Bertz CT molecular complexity index is 477. The molecule has 0 atom stereocenters. The molecule has 106 valence electrons. The van der Waals surface area contributed by atoms with Gasteiger partial charge in [-0.25, -0.2) is 9.78 Å². The topological polar surface area (TPSA) is 83.7 Å². The third-order valence-corrected chi connectivity index (χ3v) is 2.06. The molecule has 1 rings (SSSR count). The first-order valence-electron chi connectivity index (χ1n) is 4.94. The molecule has 0 fully saturated rings. The summed E-state index contributed by atoms with van der Waals surface area (Å²) in [6, 6.07) is 0.796. The summed E-state index contributed by atoms with van der Waals surface area (Å²) in [6.45, 7) is -0.303. The lowest BCUT2D eigenvalue weighted by atomic mass is 10.2. The number of alkyl halides is 3. The molecule has 0 saturated carbocycles. The van der Waals surface area contributed by atoms with Gasteiger partial charge in [-0.05, 0) is 0 Å². The van der Waals surface area contributed by atoms with E-state index in [2.05, 4.69) is 14.5 Å². The zero-order valence-electron chi connectivity index (χ0n) is 10.1. The lowest BCUT2D eigenvalue weighted by molar-refractivity contribution is -0.275. The number of nitrogens with two attached hydrogens (primary N) is 1. The number of esters is 1. The van der Waals surface area contributed by atoms with Crippen molar-refractivity contribution in [1.29, 1.82) is 0 Å². The highest BCUT2D eigenvalue weighted by Gasteiger charge is 2.33. The van der Waals surface area contributed by atoms with Gasteiger partial charge in [-0.2, -0.15) is 0 Å². The van der Waals surface area contributed by atoms with Crippen LogP contribution in [0.5, 0.6) is 11.6 Å². The van der Waals surface area contributed by atoms with Crippen LogP contribution >= 0.6 is 0 Å². The van der Waals surface area contributed by atoms with Gasteiger partial charge in [-0.3, -0.25) is 0 Å². The van der Waals surface area contributed by atoms with E-state index < -0.39 is 18.1 Å². The van der Waals surface area contributed by atoms with Gasteiger partial charge in [0.05, 0.1) is 19.8 Å². The van der Waals surface area contributed by atoms with Crippen molar-refractivity contribution in [3.05, 3.63) is 17.3 Å². The summed E-state index contributed by atoms with van der Waals surface area (Å²) in [5, 5.41) is 0. The van der Waals surface area contributed by atoms with Crippen molar-refractivity contribution in [1.82, 2.24) is 4.98 Å². The molecule has 0 spiro atoms. The summed E-state index contributed by atoms with van der Waals surface area (Å²) in [6.07, 6.45) is -4.93. The number of hydrogen-bond donors (Lipinski definition) is 1. The van der Waals surface area contributed by atoms with Gasteiger partial charge in [0.15, 0.2) is 5.69 Å². The molecule has 0 aliphatic heterocycles. The normalized spacial score (nSPS) is 11.1. The molecule has 0 aliphatic rings. The van der Waals surface area contributed by atoms with E-state index in [4.69, 9.17) is 10.5 Å². The van der Waals surface area contributed by atoms with Crippen molar-refractivity contribution in [2.75, 3.05) is 14.2 Å². The smallest absolute Gasteiger partial charge is 0.481 e. The molecular formula is C10H11F3N2O4. The van der Waals surface area contributed by atoms with E-state index in [0.717, 1.165) is 13.2 Å². The molecule has 0 aliphatic carbocycles. The molecule has 19 heavy (non-hydrogen) atoms. The van der Waals surface area contributed by atoms with Crippen LogP contribution in [0, 0.1) is 0 Å². The van der Waals surface area contributed by atoms with Crippen LogP contribution < -0.4 is 15.2 Å². The zero-order chi connectivity index (χ0) is 14.6. The summed E-state index contributed by atoms with van der Waals surface area (Å²) < 4.78 is 49.7. The second-order valence-corrected chi connectivity index (χ2v) is 3.24. The number of rotatable bonds is 4. The second kappa shape index (κ2) is 5.74. The van der Waals surface area contributed by atoms with Gasteiger partial charge < -0.3 is 19.9 Å². The number of ether oxygens (including phenoxy) is 3. The van der Waals surface area contributed by atoms with Gasteiger partial charge in [0.1, 0.15) is 5.75 Å². The summed E-state index contributed by atoms with van der Waals surface area (Å²) in [7, 11) is 2.25. The van der Waals surface area contributed by atoms with Crippen LogP contribution in [0.1, 0.15) is 16.1 Å². The molecule has 0 amide bonds. The predicted molar refractivity (Wildman–Crippen MR) is 56.7 cm³/mol. The first kappa shape index (κ1) is 15.0. The minimum absolute atomic E-state index is 0.104. The summed E-state index contributed by atoms with van der Waals surface area (Å²) in [5.41, 5.74) is 4.84. The monoisotopic (exact) mass is 280 g/mol. The van der Waals surface area contributed by atoms with Gasteiger partial charge in [-0.15, -0.1) is 13.2 Å². The first-order chi connectivity index (χ1) is 8.82. The fourth-order valence-corrected chi connectivity index (χ4v) is 1.31. The van der Waals surface area contributed by atoms with Crippen LogP contribution in [0.15, 0.2) is 6.07 Å². The Labute approximate surface area is 106 Å². The van der Waals surface area contributed by atoms with E-state index in [-0.39, 0.29) is 23.7 Å². The molecule has 0 aromatic carbocycles. The Morgan fingerprint density at radius 1 is 1.42 bits per heavy atom.